The third-order valence-electron chi connectivity index (χ3n) is 6.04. The first kappa shape index (κ1) is 22.0. The van der Waals surface area contributed by atoms with Crippen LogP contribution in [0.5, 0.6) is 0 Å². The fourth-order valence-corrected chi connectivity index (χ4v) is 4.52. The smallest absolute Gasteiger partial charge is 0.222 e. The number of rotatable bonds is 5. The molecular formula is C18H35Cl2N3O. The Morgan fingerprint density at radius 1 is 1.08 bits per heavy atom. The Hall–Kier alpha value is -0.0300. The van der Waals surface area contributed by atoms with Crippen LogP contribution in [-0.4, -0.2) is 61.5 Å². The van der Waals surface area contributed by atoms with Gasteiger partial charge in [-0.15, -0.1) is 24.8 Å². The predicted molar refractivity (Wildman–Crippen MR) is 104 cm³/mol. The molecule has 3 fully saturated rings. The maximum Gasteiger partial charge on any atom is 0.222 e. The SMILES string of the molecule is CC(CC(=O)N1CCC(CN2CCCC2)C1)C1CCNCC1.Cl.Cl. The Bertz CT molecular complexity index is 371. The Labute approximate surface area is 159 Å². The molecule has 3 aliphatic rings. The number of carbonyl (C=O) groups is 1. The minimum absolute atomic E-state index is 0. The fraction of sp³-hybridized carbons (Fsp3) is 0.944. The van der Waals surface area contributed by atoms with Crippen molar-refractivity contribution in [3.63, 3.8) is 0 Å². The Kier molecular flexibility index (Phi) is 9.95. The summed E-state index contributed by atoms with van der Waals surface area (Å²) in [7, 11) is 0. The van der Waals surface area contributed by atoms with Gasteiger partial charge in [0.05, 0.1) is 0 Å². The molecular weight excluding hydrogens is 345 g/mol. The van der Waals surface area contributed by atoms with Gasteiger partial charge in [0.15, 0.2) is 0 Å². The van der Waals surface area contributed by atoms with Crippen LogP contribution in [0.15, 0.2) is 0 Å². The van der Waals surface area contributed by atoms with Crippen LogP contribution >= 0.6 is 24.8 Å². The highest BCUT2D eigenvalue weighted by atomic mass is 35.5. The van der Waals surface area contributed by atoms with Crippen molar-refractivity contribution in [1.82, 2.24) is 15.1 Å². The molecule has 0 aromatic carbocycles. The number of likely N-dealkylation sites (tertiary alicyclic amines) is 2. The molecule has 2 unspecified atom stereocenters. The van der Waals surface area contributed by atoms with Crippen molar-refractivity contribution < 1.29 is 4.79 Å². The van der Waals surface area contributed by atoms with Crippen LogP contribution in [-0.2, 0) is 4.79 Å². The molecule has 0 aliphatic carbocycles. The van der Waals surface area contributed by atoms with E-state index in [2.05, 4.69) is 22.0 Å². The summed E-state index contributed by atoms with van der Waals surface area (Å²) in [6.45, 7) is 10.3. The van der Waals surface area contributed by atoms with Crippen LogP contribution in [0.4, 0.5) is 0 Å². The molecule has 0 bridgehead atoms. The number of halogens is 2. The number of hydrogen-bond acceptors (Lipinski definition) is 3. The lowest BCUT2D eigenvalue weighted by Crippen LogP contribution is -2.35. The van der Waals surface area contributed by atoms with Gasteiger partial charge in [-0.05, 0) is 76.0 Å². The van der Waals surface area contributed by atoms with E-state index in [0.717, 1.165) is 44.4 Å². The topological polar surface area (TPSA) is 35.6 Å². The van der Waals surface area contributed by atoms with Crippen molar-refractivity contribution >= 4 is 30.7 Å². The normalized spacial score (nSPS) is 26.7. The van der Waals surface area contributed by atoms with Gasteiger partial charge < -0.3 is 15.1 Å². The lowest BCUT2D eigenvalue weighted by atomic mass is 9.84. The van der Waals surface area contributed by atoms with Crippen LogP contribution in [0.3, 0.4) is 0 Å². The van der Waals surface area contributed by atoms with E-state index in [-0.39, 0.29) is 24.8 Å². The Balaban J connectivity index is 0.00000144. The molecule has 3 heterocycles. The lowest BCUT2D eigenvalue weighted by molar-refractivity contribution is -0.131. The second kappa shape index (κ2) is 10.8. The van der Waals surface area contributed by atoms with Crippen molar-refractivity contribution in [3.8, 4) is 0 Å². The van der Waals surface area contributed by atoms with Crippen LogP contribution in [0.25, 0.3) is 0 Å². The minimum atomic E-state index is 0. The summed E-state index contributed by atoms with van der Waals surface area (Å²) < 4.78 is 0. The van der Waals surface area contributed by atoms with Crippen molar-refractivity contribution in [3.05, 3.63) is 0 Å². The van der Waals surface area contributed by atoms with Gasteiger partial charge in [-0.1, -0.05) is 6.92 Å². The third kappa shape index (κ3) is 6.05. The zero-order valence-electron chi connectivity index (χ0n) is 15.0. The minimum Gasteiger partial charge on any atom is -0.342 e. The van der Waals surface area contributed by atoms with E-state index in [4.69, 9.17) is 0 Å². The zero-order chi connectivity index (χ0) is 15.4. The number of nitrogens with one attached hydrogen (secondary N) is 1. The molecule has 6 heteroatoms. The average Bonchev–Trinajstić information content (AvgIpc) is 3.20. The van der Waals surface area contributed by atoms with E-state index in [0.29, 0.717) is 11.8 Å². The predicted octanol–water partition coefficient (Wildman–Crippen LogP) is 2.80. The molecule has 0 spiro atoms. The van der Waals surface area contributed by atoms with E-state index in [1.807, 2.05) is 0 Å². The highest BCUT2D eigenvalue weighted by Gasteiger charge is 2.30. The number of piperidine rings is 1. The van der Waals surface area contributed by atoms with Crippen LogP contribution in [0, 0.1) is 17.8 Å². The average molecular weight is 380 g/mol. The second-order valence-electron chi connectivity index (χ2n) is 7.77. The van der Waals surface area contributed by atoms with Gasteiger partial charge in [0.2, 0.25) is 5.91 Å². The zero-order valence-corrected chi connectivity index (χ0v) is 16.7. The van der Waals surface area contributed by atoms with Gasteiger partial charge in [0.25, 0.3) is 0 Å². The van der Waals surface area contributed by atoms with Gasteiger partial charge >= 0.3 is 0 Å². The number of nitrogens with zero attached hydrogens (tertiary/aromatic N) is 2. The summed E-state index contributed by atoms with van der Waals surface area (Å²) in [6, 6.07) is 0. The standard InChI is InChI=1S/C18H33N3O.2ClH/c1-15(17-4-7-19-8-5-17)12-18(22)21-11-6-16(14-21)13-20-9-2-3-10-20;;/h15-17,19H,2-14H2,1H3;2*1H. The van der Waals surface area contributed by atoms with Crippen molar-refractivity contribution in [2.75, 3.05) is 45.8 Å². The fourth-order valence-electron chi connectivity index (χ4n) is 4.52. The van der Waals surface area contributed by atoms with Gasteiger partial charge in [-0.3, -0.25) is 4.79 Å². The first-order chi connectivity index (χ1) is 10.7. The summed E-state index contributed by atoms with van der Waals surface area (Å²) >= 11 is 0. The summed E-state index contributed by atoms with van der Waals surface area (Å²) in [5.74, 6) is 2.42. The Morgan fingerprint density at radius 2 is 1.75 bits per heavy atom. The number of amides is 1. The number of hydrogen-bond donors (Lipinski definition) is 1. The first-order valence-electron chi connectivity index (χ1n) is 9.43. The largest absolute Gasteiger partial charge is 0.342 e. The molecule has 3 saturated heterocycles. The Morgan fingerprint density at radius 3 is 2.42 bits per heavy atom. The molecule has 0 aromatic heterocycles. The van der Waals surface area contributed by atoms with E-state index in [9.17, 15) is 4.79 Å². The molecule has 3 aliphatic heterocycles. The molecule has 0 radical (unpaired) electrons. The monoisotopic (exact) mass is 379 g/mol. The number of carbonyl (C=O) groups excluding carboxylic acids is 1. The van der Waals surface area contributed by atoms with E-state index in [1.165, 1.54) is 51.7 Å². The van der Waals surface area contributed by atoms with E-state index < -0.39 is 0 Å². The molecule has 4 nitrogen and oxygen atoms in total. The summed E-state index contributed by atoms with van der Waals surface area (Å²) in [4.78, 5) is 17.3. The molecule has 2 atom stereocenters. The van der Waals surface area contributed by atoms with Gasteiger partial charge in [0.1, 0.15) is 0 Å². The molecule has 24 heavy (non-hydrogen) atoms. The highest BCUT2D eigenvalue weighted by Crippen LogP contribution is 2.27. The van der Waals surface area contributed by atoms with Gasteiger partial charge in [0, 0.05) is 26.1 Å². The second-order valence-corrected chi connectivity index (χ2v) is 7.77. The molecule has 0 aromatic rings. The van der Waals surface area contributed by atoms with E-state index >= 15 is 0 Å². The van der Waals surface area contributed by atoms with Gasteiger partial charge in [-0.2, -0.15) is 0 Å². The molecule has 3 rings (SSSR count). The maximum absolute atomic E-state index is 12.6. The molecule has 0 saturated carbocycles. The quantitative estimate of drug-likeness (QED) is 0.797. The van der Waals surface area contributed by atoms with E-state index in [1.54, 1.807) is 0 Å². The maximum atomic E-state index is 12.6. The lowest BCUT2D eigenvalue weighted by Gasteiger charge is -2.29. The summed E-state index contributed by atoms with van der Waals surface area (Å²) in [5.41, 5.74) is 0. The van der Waals surface area contributed by atoms with Crippen molar-refractivity contribution in [2.24, 2.45) is 17.8 Å². The first-order valence-corrected chi connectivity index (χ1v) is 9.43. The van der Waals surface area contributed by atoms with Crippen molar-refractivity contribution in [1.29, 1.82) is 0 Å². The third-order valence-corrected chi connectivity index (χ3v) is 6.04. The molecule has 1 N–H and O–H groups in total. The highest BCUT2D eigenvalue weighted by molar-refractivity contribution is 5.85. The van der Waals surface area contributed by atoms with Crippen LogP contribution in [0.1, 0.15) is 45.4 Å². The molecule has 1 amide bonds. The van der Waals surface area contributed by atoms with Crippen molar-refractivity contribution in [2.45, 2.75) is 45.4 Å². The molecule has 142 valence electrons. The van der Waals surface area contributed by atoms with Crippen LogP contribution < -0.4 is 5.32 Å². The van der Waals surface area contributed by atoms with Gasteiger partial charge in [-0.25, -0.2) is 0 Å². The van der Waals surface area contributed by atoms with Crippen LogP contribution in [0.2, 0.25) is 0 Å². The summed E-state index contributed by atoms with van der Waals surface area (Å²) in [6.07, 6.45) is 7.19. The summed E-state index contributed by atoms with van der Waals surface area (Å²) in [5, 5.41) is 3.42.